The van der Waals surface area contributed by atoms with Gasteiger partial charge in [0, 0.05) is 6.07 Å². The Hall–Kier alpha value is -1.68. The summed E-state index contributed by atoms with van der Waals surface area (Å²) in [5.41, 5.74) is 6.63. The minimum atomic E-state index is -0.527. The van der Waals surface area contributed by atoms with Crippen molar-refractivity contribution < 1.29 is 8.81 Å². The van der Waals surface area contributed by atoms with Gasteiger partial charge in [0.15, 0.2) is 0 Å². The average molecular weight is 269 g/mol. The van der Waals surface area contributed by atoms with Crippen molar-refractivity contribution in [1.82, 2.24) is 0 Å². The predicted molar refractivity (Wildman–Crippen MR) is 71.3 cm³/mol. The van der Waals surface area contributed by atoms with Crippen LogP contribution in [0, 0.1) is 12.7 Å². The van der Waals surface area contributed by atoms with Gasteiger partial charge in [-0.05, 0) is 32.0 Å². The maximum atomic E-state index is 13.2. The van der Waals surface area contributed by atoms with Gasteiger partial charge in [-0.25, -0.2) is 4.39 Å². The highest BCUT2D eigenvalue weighted by atomic mass is 35.5. The summed E-state index contributed by atoms with van der Waals surface area (Å²) in [6.07, 6.45) is 0. The fraction of sp³-hybridized carbons (Fsp3) is 0.231. The van der Waals surface area contributed by atoms with E-state index in [0.29, 0.717) is 11.4 Å². The van der Waals surface area contributed by atoms with Gasteiger partial charge in [0.1, 0.15) is 17.3 Å². The Morgan fingerprint density at radius 3 is 2.72 bits per heavy atom. The summed E-state index contributed by atoms with van der Waals surface area (Å²) >= 11 is 5.73. The third kappa shape index (κ3) is 2.59. The SMILES string of the molecule is Cc1ccc(C(C)Nc2cc(Cl)c(F)cc2N)o1. The summed E-state index contributed by atoms with van der Waals surface area (Å²) in [6, 6.07) is 6.36. The van der Waals surface area contributed by atoms with Crippen molar-refractivity contribution in [3.8, 4) is 0 Å². The van der Waals surface area contributed by atoms with Crippen molar-refractivity contribution in [3.05, 3.63) is 46.6 Å². The molecule has 5 heteroatoms. The van der Waals surface area contributed by atoms with Crippen LogP contribution in [0.3, 0.4) is 0 Å². The standard InChI is InChI=1S/C13H14ClFN2O/c1-7-3-4-13(18-7)8(2)17-12-5-9(14)10(15)6-11(12)16/h3-6,8,17H,16H2,1-2H3. The van der Waals surface area contributed by atoms with Gasteiger partial charge in [-0.2, -0.15) is 0 Å². The van der Waals surface area contributed by atoms with E-state index in [2.05, 4.69) is 5.32 Å². The fourth-order valence-corrected chi connectivity index (χ4v) is 1.84. The maximum absolute atomic E-state index is 13.2. The molecule has 1 aromatic carbocycles. The summed E-state index contributed by atoms with van der Waals surface area (Å²) < 4.78 is 18.7. The molecule has 0 amide bonds. The molecule has 1 heterocycles. The van der Waals surface area contributed by atoms with Crippen LogP contribution in [-0.2, 0) is 0 Å². The van der Waals surface area contributed by atoms with Gasteiger partial charge in [-0.3, -0.25) is 0 Å². The molecule has 0 saturated carbocycles. The molecule has 3 nitrogen and oxygen atoms in total. The number of nitrogens with two attached hydrogens (primary N) is 1. The Balaban J connectivity index is 2.21. The monoisotopic (exact) mass is 268 g/mol. The Kier molecular flexibility index (Phi) is 3.48. The van der Waals surface area contributed by atoms with E-state index < -0.39 is 5.82 Å². The number of benzene rings is 1. The number of nitrogens with one attached hydrogen (secondary N) is 1. The van der Waals surface area contributed by atoms with Crippen LogP contribution in [0.5, 0.6) is 0 Å². The first-order chi connectivity index (χ1) is 8.47. The minimum absolute atomic E-state index is 0.0366. The van der Waals surface area contributed by atoms with Crippen LogP contribution in [0.25, 0.3) is 0 Å². The van der Waals surface area contributed by atoms with E-state index in [4.69, 9.17) is 21.8 Å². The summed E-state index contributed by atoms with van der Waals surface area (Å²) in [4.78, 5) is 0. The summed E-state index contributed by atoms with van der Waals surface area (Å²) in [5, 5.41) is 3.17. The molecule has 0 aliphatic rings. The van der Waals surface area contributed by atoms with Crippen molar-refractivity contribution in [2.75, 3.05) is 11.1 Å². The van der Waals surface area contributed by atoms with Crippen LogP contribution in [0.4, 0.5) is 15.8 Å². The fourth-order valence-electron chi connectivity index (χ4n) is 1.68. The number of hydrogen-bond donors (Lipinski definition) is 2. The normalized spacial score (nSPS) is 12.4. The number of anilines is 2. The molecule has 18 heavy (non-hydrogen) atoms. The third-order valence-electron chi connectivity index (χ3n) is 2.65. The van der Waals surface area contributed by atoms with Crippen molar-refractivity contribution in [3.63, 3.8) is 0 Å². The average Bonchev–Trinajstić information content (AvgIpc) is 2.73. The van der Waals surface area contributed by atoms with Crippen LogP contribution in [0.2, 0.25) is 5.02 Å². The first kappa shape index (κ1) is 12.8. The quantitative estimate of drug-likeness (QED) is 0.823. The molecule has 0 spiro atoms. The van der Waals surface area contributed by atoms with E-state index in [9.17, 15) is 4.39 Å². The second kappa shape index (κ2) is 4.90. The van der Waals surface area contributed by atoms with E-state index in [0.717, 1.165) is 11.5 Å². The van der Waals surface area contributed by atoms with Gasteiger partial charge >= 0.3 is 0 Å². The zero-order chi connectivity index (χ0) is 13.3. The predicted octanol–water partition coefficient (Wildman–Crippen LogP) is 4.14. The van der Waals surface area contributed by atoms with Gasteiger partial charge < -0.3 is 15.5 Å². The molecule has 0 radical (unpaired) electrons. The Morgan fingerprint density at radius 1 is 1.39 bits per heavy atom. The van der Waals surface area contributed by atoms with Gasteiger partial charge in [-0.1, -0.05) is 11.6 Å². The number of rotatable bonds is 3. The zero-order valence-electron chi connectivity index (χ0n) is 10.1. The number of hydrogen-bond acceptors (Lipinski definition) is 3. The van der Waals surface area contributed by atoms with Gasteiger partial charge in [0.25, 0.3) is 0 Å². The van der Waals surface area contributed by atoms with Crippen molar-refractivity contribution >= 4 is 23.0 Å². The number of aryl methyl sites for hydroxylation is 1. The maximum Gasteiger partial charge on any atom is 0.143 e. The summed E-state index contributed by atoms with van der Waals surface area (Å²) in [5.74, 6) is 1.09. The van der Waals surface area contributed by atoms with E-state index in [1.165, 1.54) is 12.1 Å². The van der Waals surface area contributed by atoms with Crippen molar-refractivity contribution in [2.45, 2.75) is 19.9 Å². The van der Waals surface area contributed by atoms with E-state index in [1.807, 2.05) is 26.0 Å². The van der Waals surface area contributed by atoms with Crippen LogP contribution in [-0.4, -0.2) is 0 Å². The van der Waals surface area contributed by atoms with Crippen LogP contribution >= 0.6 is 11.6 Å². The lowest BCUT2D eigenvalue weighted by atomic mass is 10.2. The summed E-state index contributed by atoms with van der Waals surface area (Å²) in [6.45, 7) is 3.80. The molecule has 2 aromatic rings. The molecule has 3 N–H and O–H groups in total. The van der Waals surface area contributed by atoms with Gasteiger partial charge in [0.2, 0.25) is 0 Å². The lowest BCUT2D eigenvalue weighted by molar-refractivity contribution is 0.467. The topological polar surface area (TPSA) is 51.2 Å². The number of nitrogen functional groups attached to an aromatic ring is 1. The molecule has 0 saturated heterocycles. The highest BCUT2D eigenvalue weighted by Gasteiger charge is 2.12. The Morgan fingerprint density at radius 2 is 2.11 bits per heavy atom. The molecule has 0 bridgehead atoms. The molecule has 0 fully saturated rings. The number of furan rings is 1. The molecule has 2 rings (SSSR count). The van der Waals surface area contributed by atoms with Gasteiger partial charge in [-0.15, -0.1) is 0 Å². The summed E-state index contributed by atoms with van der Waals surface area (Å²) in [7, 11) is 0. The molecule has 0 aliphatic heterocycles. The largest absolute Gasteiger partial charge is 0.464 e. The van der Waals surface area contributed by atoms with Crippen molar-refractivity contribution in [1.29, 1.82) is 0 Å². The zero-order valence-corrected chi connectivity index (χ0v) is 10.9. The molecule has 1 unspecified atom stereocenters. The van der Waals surface area contributed by atoms with Crippen LogP contribution in [0.1, 0.15) is 24.5 Å². The van der Waals surface area contributed by atoms with E-state index >= 15 is 0 Å². The second-order valence-electron chi connectivity index (χ2n) is 4.17. The van der Waals surface area contributed by atoms with Crippen LogP contribution < -0.4 is 11.1 Å². The molecular weight excluding hydrogens is 255 g/mol. The first-order valence-corrected chi connectivity index (χ1v) is 5.92. The lowest BCUT2D eigenvalue weighted by Gasteiger charge is -2.15. The van der Waals surface area contributed by atoms with Gasteiger partial charge in [0.05, 0.1) is 22.4 Å². The van der Waals surface area contributed by atoms with Crippen LogP contribution in [0.15, 0.2) is 28.7 Å². The molecule has 0 aliphatic carbocycles. The Labute approximate surface area is 110 Å². The Bertz CT molecular complexity index is 568. The highest BCUT2D eigenvalue weighted by molar-refractivity contribution is 6.31. The minimum Gasteiger partial charge on any atom is -0.464 e. The second-order valence-corrected chi connectivity index (χ2v) is 4.58. The molecular formula is C13H14ClFN2O. The first-order valence-electron chi connectivity index (χ1n) is 5.54. The molecule has 1 atom stereocenters. The molecule has 1 aromatic heterocycles. The van der Waals surface area contributed by atoms with E-state index in [1.54, 1.807) is 0 Å². The smallest absolute Gasteiger partial charge is 0.143 e. The molecule has 96 valence electrons. The lowest BCUT2D eigenvalue weighted by Crippen LogP contribution is -2.08. The van der Waals surface area contributed by atoms with Crippen molar-refractivity contribution in [2.24, 2.45) is 0 Å². The van der Waals surface area contributed by atoms with E-state index in [-0.39, 0.29) is 11.1 Å². The highest BCUT2D eigenvalue weighted by Crippen LogP contribution is 2.29. The third-order valence-corrected chi connectivity index (χ3v) is 2.94. The number of halogens is 2.